The van der Waals surface area contributed by atoms with Crippen LogP contribution in [0, 0.1) is 5.92 Å². The fourth-order valence-electron chi connectivity index (χ4n) is 2.54. The number of hydrogen-bond donors (Lipinski definition) is 1. The minimum Gasteiger partial charge on any atom is -0.308 e. The molecule has 0 saturated heterocycles. The van der Waals surface area contributed by atoms with E-state index in [4.69, 9.17) is 0 Å². The molecule has 94 valence electrons. The summed E-state index contributed by atoms with van der Waals surface area (Å²) >= 11 is 3.41. The number of pyridine rings is 1. The molecule has 3 heteroatoms. The van der Waals surface area contributed by atoms with Crippen molar-refractivity contribution in [3.8, 4) is 0 Å². The van der Waals surface area contributed by atoms with Gasteiger partial charge in [-0.15, -0.1) is 0 Å². The van der Waals surface area contributed by atoms with Crippen LogP contribution in [0.2, 0.25) is 0 Å². The zero-order valence-electron chi connectivity index (χ0n) is 10.5. The lowest BCUT2D eigenvalue weighted by Crippen LogP contribution is -2.33. The lowest BCUT2D eigenvalue weighted by Gasteiger charge is -2.22. The first-order chi connectivity index (χ1) is 8.25. The van der Waals surface area contributed by atoms with E-state index in [9.17, 15) is 0 Å². The standard InChI is InChI=1S/C14H21BrN2/c1-11-5-3-2-4-6-14(11)17-10-13-8-7-12(15)9-16-13/h7-9,11,14,17H,2-6,10H2,1H3. The Morgan fingerprint density at radius 1 is 1.29 bits per heavy atom. The summed E-state index contributed by atoms with van der Waals surface area (Å²) in [5, 5.41) is 3.67. The largest absolute Gasteiger partial charge is 0.308 e. The van der Waals surface area contributed by atoms with Crippen molar-refractivity contribution in [1.29, 1.82) is 0 Å². The molecular formula is C14H21BrN2. The highest BCUT2D eigenvalue weighted by molar-refractivity contribution is 9.10. The summed E-state index contributed by atoms with van der Waals surface area (Å²) in [6.45, 7) is 3.26. The molecular weight excluding hydrogens is 276 g/mol. The van der Waals surface area contributed by atoms with E-state index in [1.807, 2.05) is 6.20 Å². The molecule has 0 bridgehead atoms. The summed E-state index contributed by atoms with van der Waals surface area (Å²) in [6, 6.07) is 4.81. The highest BCUT2D eigenvalue weighted by Gasteiger charge is 2.19. The lowest BCUT2D eigenvalue weighted by atomic mass is 9.97. The molecule has 1 aliphatic carbocycles. The highest BCUT2D eigenvalue weighted by Crippen LogP contribution is 2.23. The summed E-state index contributed by atoms with van der Waals surface area (Å²) in [4.78, 5) is 4.40. The first kappa shape index (κ1) is 13.0. The molecule has 1 N–H and O–H groups in total. The number of nitrogens with one attached hydrogen (secondary N) is 1. The number of aromatic nitrogens is 1. The number of halogens is 1. The zero-order valence-corrected chi connectivity index (χ0v) is 12.0. The van der Waals surface area contributed by atoms with Crippen molar-refractivity contribution in [3.05, 3.63) is 28.5 Å². The van der Waals surface area contributed by atoms with Gasteiger partial charge in [0.25, 0.3) is 0 Å². The van der Waals surface area contributed by atoms with Gasteiger partial charge < -0.3 is 5.32 Å². The van der Waals surface area contributed by atoms with Crippen LogP contribution in [0.1, 0.15) is 44.7 Å². The van der Waals surface area contributed by atoms with Crippen LogP contribution in [0.4, 0.5) is 0 Å². The van der Waals surface area contributed by atoms with Crippen LogP contribution in [0.3, 0.4) is 0 Å². The first-order valence-corrected chi connectivity index (χ1v) is 7.39. The minimum atomic E-state index is 0.669. The molecule has 0 aromatic carbocycles. The number of rotatable bonds is 3. The molecule has 1 aromatic heterocycles. The maximum absolute atomic E-state index is 4.40. The topological polar surface area (TPSA) is 24.9 Å². The minimum absolute atomic E-state index is 0.669. The molecule has 0 amide bonds. The monoisotopic (exact) mass is 296 g/mol. The van der Waals surface area contributed by atoms with E-state index in [0.717, 1.165) is 22.6 Å². The van der Waals surface area contributed by atoms with E-state index in [-0.39, 0.29) is 0 Å². The van der Waals surface area contributed by atoms with Crippen LogP contribution >= 0.6 is 15.9 Å². The predicted molar refractivity (Wildman–Crippen MR) is 74.8 cm³/mol. The second-order valence-electron chi connectivity index (χ2n) is 5.07. The molecule has 1 fully saturated rings. The summed E-state index contributed by atoms with van der Waals surface area (Å²) in [7, 11) is 0. The molecule has 1 aliphatic rings. The molecule has 0 radical (unpaired) electrons. The Hall–Kier alpha value is -0.410. The first-order valence-electron chi connectivity index (χ1n) is 6.59. The van der Waals surface area contributed by atoms with Gasteiger partial charge in [-0.1, -0.05) is 26.2 Å². The van der Waals surface area contributed by atoms with Gasteiger partial charge in [-0.3, -0.25) is 4.98 Å². The normalized spacial score (nSPS) is 25.5. The van der Waals surface area contributed by atoms with Crippen LogP contribution in [-0.2, 0) is 6.54 Å². The van der Waals surface area contributed by atoms with Gasteiger partial charge in [0.15, 0.2) is 0 Å². The van der Waals surface area contributed by atoms with Gasteiger partial charge in [-0.2, -0.15) is 0 Å². The third-order valence-electron chi connectivity index (χ3n) is 3.70. The smallest absolute Gasteiger partial charge is 0.0542 e. The Labute approximate surface area is 112 Å². The fraction of sp³-hybridized carbons (Fsp3) is 0.643. The quantitative estimate of drug-likeness (QED) is 0.856. The fourth-order valence-corrected chi connectivity index (χ4v) is 2.78. The van der Waals surface area contributed by atoms with Gasteiger partial charge in [0.1, 0.15) is 0 Å². The Morgan fingerprint density at radius 2 is 2.12 bits per heavy atom. The van der Waals surface area contributed by atoms with Gasteiger partial charge >= 0.3 is 0 Å². The maximum Gasteiger partial charge on any atom is 0.0542 e. The van der Waals surface area contributed by atoms with E-state index in [2.05, 4.69) is 45.3 Å². The van der Waals surface area contributed by atoms with Crippen molar-refractivity contribution >= 4 is 15.9 Å². The van der Waals surface area contributed by atoms with Crippen LogP contribution in [-0.4, -0.2) is 11.0 Å². The second-order valence-corrected chi connectivity index (χ2v) is 5.99. The summed E-state index contributed by atoms with van der Waals surface area (Å²) in [5.41, 5.74) is 1.13. The molecule has 1 aromatic rings. The summed E-state index contributed by atoms with van der Waals surface area (Å²) < 4.78 is 1.05. The SMILES string of the molecule is CC1CCCCCC1NCc1ccc(Br)cn1. The molecule has 0 aliphatic heterocycles. The van der Waals surface area contributed by atoms with Crippen molar-refractivity contribution in [1.82, 2.24) is 10.3 Å². The Bertz CT molecular complexity index is 337. The van der Waals surface area contributed by atoms with Gasteiger partial charge in [0, 0.05) is 23.3 Å². The number of hydrogen-bond acceptors (Lipinski definition) is 2. The van der Waals surface area contributed by atoms with Crippen molar-refractivity contribution < 1.29 is 0 Å². The average molecular weight is 297 g/mol. The summed E-state index contributed by atoms with van der Waals surface area (Å²) in [6.07, 6.45) is 8.72. The Kier molecular flexibility index (Phi) is 4.99. The molecule has 1 saturated carbocycles. The third-order valence-corrected chi connectivity index (χ3v) is 4.16. The molecule has 2 unspecified atom stereocenters. The Balaban J connectivity index is 1.85. The van der Waals surface area contributed by atoms with Crippen LogP contribution in [0.25, 0.3) is 0 Å². The van der Waals surface area contributed by atoms with E-state index >= 15 is 0 Å². The van der Waals surface area contributed by atoms with Crippen molar-refractivity contribution in [2.45, 2.75) is 51.6 Å². The van der Waals surface area contributed by atoms with E-state index in [1.165, 1.54) is 32.1 Å². The van der Waals surface area contributed by atoms with E-state index in [1.54, 1.807) is 0 Å². The van der Waals surface area contributed by atoms with Gasteiger partial charge in [0.05, 0.1) is 5.69 Å². The molecule has 0 spiro atoms. The zero-order chi connectivity index (χ0) is 12.1. The van der Waals surface area contributed by atoms with Gasteiger partial charge in [0.2, 0.25) is 0 Å². The third kappa shape index (κ3) is 4.07. The summed E-state index contributed by atoms with van der Waals surface area (Å²) in [5.74, 6) is 0.799. The van der Waals surface area contributed by atoms with E-state index in [0.29, 0.717) is 6.04 Å². The predicted octanol–water partition coefficient (Wildman–Crippen LogP) is 3.90. The van der Waals surface area contributed by atoms with Crippen LogP contribution < -0.4 is 5.32 Å². The molecule has 2 atom stereocenters. The highest BCUT2D eigenvalue weighted by atomic mass is 79.9. The van der Waals surface area contributed by atoms with E-state index < -0.39 is 0 Å². The van der Waals surface area contributed by atoms with Gasteiger partial charge in [-0.05, 0) is 46.8 Å². The molecule has 17 heavy (non-hydrogen) atoms. The van der Waals surface area contributed by atoms with Crippen molar-refractivity contribution in [2.75, 3.05) is 0 Å². The lowest BCUT2D eigenvalue weighted by molar-refractivity contribution is 0.354. The molecule has 1 heterocycles. The Morgan fingerprint density at radius 3 is 2.88 bits per heavy atom. The molecule has 2 rings (SSSR count). The van der Waals surface area contributed by atoms with Crippen LogP contribution in [0.15, 0.2) is 22.8 Å². The average Bonchev–Trinajstić information content (AvgIpc) is 2.54. The van der Waals surface area contributed by atoms with Crippen LogP contribution in [0.5, 0.6) is 0 Å². The second kappa shape index (κ2) is 6.50. The van der Waals surface area contributed by atoms with Crippen molar-refractivity contribution in [3.63, 3.8) is 0 Å². The van der Waals surface area contributed by atoms with Crippen molar-refractivity contribution in [2.24, 2.45) is 5.92 Å². The maximum atomic E-state index is 4.40. The number of nitrogens with zero attached hydrogens (tertiary/aromatic N) is 1. The molecule has 2 nitrogen and oxygen atoms in total. The van der Waals surface area contributed by atoms with Gasteiger partial charge in [-0.25, -0.2) is 0 Å².